The Bertz CT molecular complexity index is 1000. The van der Waals surface area contributed by atoms with Gasteiger partial charge in [-0.2, -0.15) is 12.6 Å². The smallest absolute Gasteiger partial charge is 0.326 e. The van der Waals surface area contributed by atoms with E-state index < -0.39 is 47.9 Å². The summed E-state index contributed by atoms with van der Waals surface area (Å²) >= 11 is 4.15. The van der Waals surface area contributed by atoms with Crippen LogP contribution >= 0.6 is 12.6 Å². The van der Waals surface area contributed by atoms with E-state index in [-0.39, 0.29) is 24.5 Å². The van der Waals surface area contributed by atoms with Gasteiger partial charge in [0.15, 0.2) is 0 Å². The van der Waals surface area contributed by atoms with Crippen molar-refractivity contribution >= 4 is 36.3 Å². The fourth-order valence-corrected chi connectivity index (χ4v) is 3.76. The third-order valence-electron chi connectivity index (χ3n) is 5.39. The van der Waals surface area contributed by atoms with Crippen LogP contribution in [0.1, 0.15) is 31.5 Å². The van der Waals surface area contributed by atoms with E-state index in [9.17, 15) is 24.3 Å². The van der Waals surface area contributed by atoms with E-state index >= 15 is 0 Å². The monoisotopic (exact) mass is 518 g/mol. The van der Waals surface area contributed by atoms with Crippen LogP contribution in [-0.4, -0.2) is 68.7 Å². The number of hydrogen-bond acceptors (Lipinski definition) is 7. The van der Waals surface area contributed by atoms with Crippen LogP contribution in [0.2, 0.25) is 0 Å². The van der Waals surface area contributed by atoms with Crippen LogP contribution < -0.4 is 21.7 Å². The normalized spacial score (nSPS) is 14.4. The molecule has 0 aliphatic heterocycles. The van der Waals surface area contributed by atoms with Crippen molar-refractivity contribution in [3.8, 4) is 0 Å². The van der Waals surface area contributed by atoms with Crippen LogP contribution in [0.3, 0.4) is 0 Å². The molecule has 0 spiro atoms. The summed E-state index contributed by atoms with van der Waals surface area (Å²) < 4.78 is 0. The maximum absolute atomic E-state index is 13.1. The number of amides is 3. The van der Waals surface area contributed by atoms with Crippen molar-refractivity contribution in [3.05, 3.63) is 54.1 Å². The Morgan fingerprint density at radius 2 is 1.58 bits per heavy atom. The summed E-state index contributed by atoms with van der Waals surface area (Å²) in [4.78, 5) is 57.1. The number of carbonyl (C=O) groups excluding carboxylic acids is 3. The molecule has 36 heavy (non-hydrogen) atoms. The summed E-state index contributed by atoms with van der Waals surface area (Å²) in [7, 11) is 0. The van der Waals surface area contributed by atoms with Crippen LogP contribution in [0.25, 0.3) is 0 Å². The zero-order valence-corrected chi connectivity index (χ0v) is 21.2. The zero-order chi connectivity index (χ0) is 26.7. The first-order valence-corrected chi connectivity index (χ1v) is 12.3. The Morgan fingerprint density at radius 3 is 2.14 bits per heavy atom. The predicted molar refractivity (Wildman–Crippen MR) is 137 cm³/mol. The summed E-state index contributed by atoms with van der Waals surface area (Å²) in [6.07, 6.45) is 3.55. The van der Waals surface area contributed by atoms with Gasteiger partial charge in [-0.3, -0.25) is 14.4 Å². The first kappa shape index (κ1) is 28.9. The van der Waals surface area contributed by atoms with Gasteiger partial charge in [-0.1, -0.05) is 44.2 Å². The van der Waals surface area contributed by atoms with E-state index in [2.05, 4.69) is 38.5 Å². The molecule has 0 aliphatic carbocycles. The second-order valence-corrected chi connectivity index (χ2v) is 9.28. The number of carboxylic acid groups (broad SMARTS) is 1. The largest absolute Gasteiger partial charge is 0.480 e. The van der Waals surface area contributed by atoms with Crippen molar-refractivity contribution in [1.82, 2.24) is 25.9 Å². The van der Waals surface area contributed by atoms with Gasteiger partial charge in [0.1, 0.15) is 18.1 Å². The molecule has 0 fully saturated rings. The Hall–Kier alpha value is -3.38. The van der Waals surface area contributed by atoms with E-state index in [1.54, 1.807) is 30.3 Å². The van der Waals surface area contributed by atoms with Crippen LogP contribution in [0.15, 0.2) is 42.9 Å². The fraction of sp³-hybridized carbons (Fsp3) is 0.458. The Labute approximate surface area is 215 Å². The molecule has 0 saturated carbocycles. The molecule has 3 amide bonds. The van der Waals surface area contributed by atoms with Crippen LogP contribution in [0.4, 0.5) is 0 Å². The number of carbonyl (C=O) groups is 4. The molecule has 7 N–H and O–H groups in total. The van der Waals surface area contributed by atoms with E-state index in [4.69, 9.17) is 5.73 Å². The van der Waals surface area contributed by atoms with Gasteiger partial charge in [-0.15, -0.1) is 0 Å². The number of nitrogens with two attached hydrogens (primary N) is 1. The molecule has 4 unspecified atom stereocenters. The summed E-state index contributed by atoms with van der Waals surface area (Å²) in [5.74, 6) is -2.96. The molecule has 11 nitrogen and oxygen atoms in total. The highest BCUT2D eigenvalue weighted by Crippen LogP contribution is 2.07. The maximum atomic E-state index is 13.1. The molecule has 4 atom stereocenters. The molecule has 12 heteroatoms. The molecule has 0 saturated heterocycles. The number of carboxylic acids is 1. The number of nitrogens with zero attached hydrogens (tertiary/aromatic N) is 1. The molecule has 0 aliphatic rings. The number of hydrogen-bond donors (Lipinski definition) is 7. The lowest BCUT2D eigenvalue weighted by atomic mass is 10.0. The predicted octanol–water partition coefficient (Wildman–Crippen LogP) is 0.0371. The minimum atomic E-state index is -1.21. The third kappa shape index (κ3) is 9.34. The molecule has 2 rings (SSSR count). The number of nitrogens with one attached hydrogen (secondary N) is 4. The van der Waals surface area contributed by atoms with Crippen molar-refractivity contribution in [2.45, 2.75) is 57.3 Å². The Kier molecular flexibility index (Phi) is 11.4. The highest BCUT2D eigenvalue weighted by Gasteiger charge is 2.30. The van der Waals surface area contributed by atoms with E-state index in [1.807, 2.05) is 13.8 Å². The lowest BCUT2D eigenvalue weighted by molar-refractivity contribution is -0.142. The van der Waals surface area contributed by atoms with Crippen molar-refractivity contribution in [1.29, 1.82) is 0 Å². The molecule has 0 bridgehead atoms. The van der Waals surface area contributed by atoms with Gasteiger partial charge in [0.2, 0.25) is 17.7 Å². The fourth-order valence-electron chi connectivity index (χ4n) is 3.51. The van der Waals surface area contributed by atoms with Gasteiger partial charge in [0.25, 0.3) is 0 Å². The van der Waals surface area contributed by atoms with Crippen LogP contribution in [0.5, 0.6) is 0 Å². The first-order chi connectivity index (χ1) is 17.1. The average molecular weight is 519 g/mol. The van der Waals surface area contributed by atoms with Gasteiger partial charge in [-0.25, -0.2) is 9.78 Å². The number of aromatic amines is 1. The van der Waals surface area contributed by atoms with Gasteiger partial charge >= 0.3 is 5.97 Å². The van der Waals surface area contributed by atoms with Gasteiger partial charge in [-0.05, 0) is 17.9 Å². The quantitative estimate of drug-likeness (QED) is 0.172. The molecule has 196 valence electrons. The lowest BCUT2D eigenvalue weighted by Crippen LogP contribution is -2.58. The van der Waals surface area contributed by atoms with E-state index in [0.717, 1.165) is 5.56 Å². The van der Waals surface area contributed by atoms with E-state index in [1.165, 1.54) is 12.5 Å². The topological polar surface area (TPSA) is 179 Å². The van der Waals surface area contributed by atoms with Crippen LogP contribution in [-0.2, 0) is 32.0 Å². The summed E-state index contributed by atoms with van der Waals surface area (Å²) in [6, 6.07) is 4.67. The number of imidazole rings is 1. The van der Waals surface area contributed by atoms with Crippen molar-refractivity contribution in [2.24, 2.45) is 11.7 Å². The summed E-state index contributed by atoms with van der Waals surface area (Å²) in [5, 5.41) is 17.2. The zero-order valence-electron chi connectivity index (χ0n) is 20.3. The number of rotatable bonds is 14. The molecular formula is C24H34N6O5S. The standard InChI is InChI=1S/C24H34N6O5S/c1-14(2)8-17(25)21(31)28-18(10-16-11-26-13-27-16)22(32)30-20(12-36)23(33)29-19(24(34)35)9-15-6-4-3-5-7-15/h3-7,11,13-14,17-20,36H,8-10,12,25H2,1-2H3,(H,26,27)(H,28,31)(H,29,33)(H,30,32)(H,34,35). The molecule has 1 aromatic carbocycles. The molecule has 2 aromatic rings. The first-order valence-electron chi connectivity index (χ1n) is 11.6. The van der Waals surface area contributed by atoms with Gasteiger partial charge in [0, 0.05) is 30.5 Å². The summed E-state index contributed by atoms with van der Waals surface area (Å²) in [5.41, 5.74) is 7.29. The minimum Gasteiger partial charge on any atom is -0.480 e. The number of H-pyrrole nitrogens is 1. The minimum absolute atomic E-state index is 0.0708. The number of benzene rings is 1. The van der Waals surface area contributed by atoms with Crippen LogP contribution in [0, 0.1) is 5.92 Å². The molecule has 1 aromatic heterocycles. The highest BCUT2D eigenvalue weighted by atomic mass is 32.1. The second kappa shape index (κ2) is 14.2. The SMILES string of the molecule is CC(C)CC(N)C(=O)NC(Cc1cnc[nH]1)C(=O)NC(CS)C(=O)NC(Cc1ccccc1)C(=O)O. The average Bonchev–Trinajstić information content (AvgIpc) is 3.34. The van der Waals surface area contributed by atoms with Crippen molar-refractivity contribution < 1.29 is 24.3 Å². The Morgan fingerprint density at radius 1 is 0.972 bits per heavy atom. The highest BCUT2D eigenvalue weighted by molar-refractivity contribution is 7.80. The second-order valence-electron chi connectivity index (χ2n) is 8.91. The maximum Gasteiger partial charge on any atom is 0.326 e. The molecular weight excluding hydrogens is 484 g/mol. The van der Waals surface area contributed by atoms with Gasteiger partial charge < -0.3 is 31.8 Å². The van der Waals surface area contributed by atoms with Gasteiger partial charge in [0.05, 0.1) is 12.4 Å². The molecule has 0 radical (unpaired) electrons. The third-order valence-corrected chi connectivity index (χ3v) is 5.75. The summed E-state index contributed by atoms with van der Waals surface area (Å²) in [6.45, 7) is 3.86. The number of thiol groups is 1. The lowest BCUT2D eigenvalue weighted by Gasteiger charge is -2.24. The number of aromatic nitrogens is 2. The Balaban J connectivity index is 2.09. The van der Waals surface area contributed by atoms with Crippen molar-refractivity contribution in [3.63, 3.8) is 0 Å². The van der Waals surface area contributed by atoms with E-state index in [0.29, 0.717) is 12.1 Å². The number of aliphatic carboxylic acids is 1. The molecule has 1 heterocycles. The van der Waals surface area contributed by atoms with Crippen molar-refractivity contribution in [2.75, 3.05) is 5.75 Å².